The summed E-state index contributed by atoms with van der Waals surface area (Å²) < 4.78 is 0. The normalized spacial score (nSPS) is 13.7. The predicted octanol–water partition coefficient (Wildman–Crippen LogP) is 7.08. The smallest absolute Gasteiger partial charge is 0.0431 e. The summed E-state index contributed by atoms with van der Waals surface area (Å²) in [5.74, 6) is 0. The lowest BCUT2D eigenvalue weighted by Gasteiger charge is -2.28. The molecule has 0 aromatic heterocycles. The van der Waals surface area contributed by atoms with Crippen LogP contribution in [0, 0.1) is 0 Å². The van der Waals surface area contributed by atoms with E-state index in [1.54, 1.807) is 0 Å². The van der Waals surface area contributed by atoms with Crippen LogP contribution in [0.4, 0.5) is 0 Å². The molecule has 4 aromatic rings. The minimum atomic E-state index is -0.108. The SMILES string of the molecule is CC1(CCCO)c2cc(-c3ccccc3)ccc2-c2ccc(-c3ccccc3)cc21. The fourth-order valence-corrected chi connectivity index (χ4v) is 4.94. The number of rotatable bonds is 5. The highest BCUT2D eigenvalue weighted by atomic mass is 16.2. The average Bonchev–Trinajstić information content (AvgIpc) is 3.06. The molecule has 0 saturated heterocycles. The van der Waals surface area contributed by atoms with Crippen molar-refractivity contribution in [3.63, 3.8) is 0 Å². The van der Waals surface area contributed by atoms with Crippen molar-refractivity contribution in [2.75, 3.05) is 6.61 Å². The second-order valence-electron chi connectivity index (χ2n) is 8.41. The summed E-state index contributed by atoms with van der Waals surface area (Å²) in [6, 6.07) is 34.9. The number of aliphatic hydroxyl groups excluding tert-OH is 1. The van der Waals surface area contributed by atoms with Crippen LogP contribution in [0.5, 0.6) is 0 Å². The predicted molar refractivity (Wildman–Crippen MR) is 126 cm³/mol. The fourth-order valence-electron chi connectivity index (χ4n) is 4.94. The summed E-state index contributed by atoms with van der Waals surface area (Å²) in [4.78, 5) is 0. The molecule has 0 atom stereocenters. The summed E-state index contributed by atoms with van der Waals surface area (Å²) in [5, 5.41) is 9.60. The van der Waals surface area contributed by atoms with E-state index in [2.05, 4.69) is 104 Å². The van der Waals surface area contributed by atoms with Gasteiger partial charge in [0.15, 0.2) is 0 Å². The molecule has 0 aliphatic heterocycles. The van der Waals surface area contributed by atoms with Gasteiger partial charge in [0.05, 0.1) is 0 Å². The van der Waals surface area contributed by atoms with Gasteiger partial charge in [0.25, 0.3) is 0 Å². The van der Waals surface area contributed by atoms with Crippen LogP contribution in [0.15, 0.2) is 97.1 Å². The zero-order valence-corrected chi connectivity index (χ0v) is 17.3. The zero-order chi connectivity index (χ0) is 20.6. The average molecular weight is 391 g/mol. The van der Waals surface area contributed by atoms with Gasteiger partial charge >= 0.3 is 0 Å². The van der Waals surface area contributed by atoms with Crippen molar-refractivity contribution >= 4 is 0 Å². The highest BCUT2D eigenvalue weighted by Gasteiger charge is 2.39. The van der Waals surface area contributed by atoms with E-state index >= 15 is 0 Å². The Morgan fingerprint density at radius 3 is 1.50 bits per heavy atom. The fraction of sp³-hybridized carbons (Fsp3) is 0.172. The molecule has 0 fully saturated rings. The molecular formula is C29H26O. The van der Waals surface area contributed by atoms with Gasteiger partial charge in [0.2, 0.25) is 0 Å². The Balaban J connectivity index is 1.67. The van der Waals surface area contributed by atoms with E-state index in [9.17, 15) is 5.11 Å². The Morgan fingerprint density at radius 2 is 1.07 bits per heavy atom. The maximum Gasteiger partial charge on any atom is 0.0431 e. The monoisotopic (exact) mass is 390 g/mol. The number of benzene rings is 4. The van der Waals surface area contributed by atoms with Gasteiger partial charge in [-0.2, -0.15) is 0 Å². The third-order valence-electron chi connectivity index (χ3n) is 6.57. The van der Waals surface area contributed by atoms with Crippen molar-refractivity contribution in [2.24, 2.45) is 0 Å². The van der Waals surface area contributed by atoms with E-state index in [1.807, 2.05) is 0 Å². The van der Waals surface area contributed by atoms with Crippen LogP contribution < -0.4 is 0 Å². The van der Waals surface area contributed by atoms with Crippen molar-refractivity contribution in [1.29, 1.82) is 0 Å². The summed E-state index contributed by atoms with van der Waals surface area (Å²) in [5.41, 5.74) is 10.3. The summed E-state index contributed by atoms with van der Waals surface area (Å²) in [6.07, 6.45) is 1.72. The highest BCUT2D eigenvalue weighted by molar-refractivity contribution is 5.85. The second kappa shape index (κ2) is 7.59. The lowest BCUT2D eigenvalue weighted by atomic mass is 9.75. The quantitative estimate of drug-likeness (QED) is 0.386. The molecule has 0 unspecified atom stereocenters. The van der Waals surface area contributed by atoms with Crippen molar-refractivity contribution in [3.8, 4) is 33.4 Å². The van der Waals surface area contributed by atoms with Crippen LogP contribution in [0.3, 0.4) is 0 Å². The molecule has 148 valence electrons. The van der Waals surface area contributed by atoms with Gasteiger partial charge in [0.1, 0.15) is 0 Å². The van der Waals surface area contributed by atoms with Crippen LogP contribution in [0.2, 0.25) is 0 Å². The first kappa shape index (κ1) is 18.8. The minimum Gasteiger partial charge on any atom is -0.396 e. The van der Waals surface area contributed by atoms with E-state index in [0.717, 1.165) is 12.8 Å². The van der Waals surface area contributed by atoms with Gasteiger partial charge in [-0.1, -0.05) is 91.9 Å². The topological polar surface area (TPSA) is 20.2 Å². The van der Waals surface area contributed by atoms with Crippen LogP contribution in [-0.4, -0.2) is 11.7 Å². The lowest BCUT2D eigenvalue weighted by molar-refractivity contribution is 0.273. The Morgan fingerprint density at radius 1 is 0.600 bits per heavy atom. The Kier molecular flexibility index (Phi) is 4.77. The van der Waals surface area contributed by atoms with E-state index in [1.165, 1.54) is 44.5 Å². The molecule has 1 nitrogen and oxygen atoms in total. The molecule has 30 heavy (non-hydrogen) atoms. The zero-order valence-electron chi connectivity index (χ0n) is 17.3. The molecule has 0 saturated carbocycles. The Hall–Kier alpha value is -3.16. The second-order valence-corrected chi connectivity index (χ2v) is 8.41. The summed E-state index contributed by atoms with van der Waals surface area (Å²) in [7, 11) is 0. The standard InChI is InChI=1S/C29H26O/c1-29(17-8-18-30)27-19-23(21-9-4-2-5-10-21)13-15-25(27)26-16-14-24(20-28(26)29)22-11-6-3-7-12-22/h2-7,9-16,19-20,30H,8,17-18H2,1H3. The largest absolute Gasteiger partial charge is 0.396 e. The maximum absolute atomic E-state index is 9.60. The molecule has 5 rings (SSSR count). The number of hydrogen-bond acceptors (Lipinski definition) is 1. The first-order valence-electron chi connectivity index (χ1n) is 10.7. The van der Waals surface area contributed by atoms with Crippen LogP contribution >= 0.6 is 0 Å². The molecular weight excluding hydrogens is 364 g/mol. The summed E-state index contributed by atoms with van der Waals surface area (Å²) >= 11 is 0. The minimum absolute atomic E-state index is 0.108. The molecule has 0 heterocycles. The van der Waals surface area contributed by atoms with Gasteiger partial charge in [-0.05, 0) is 69.5 Å². The van der Waals surface area contributed by atoms with Gasteiger partial charge in [-0.25, -0.2) is 0 Å². The van der Waals surface area contributed by atoms with Crippen molar-refractivity contribution in [2.45, 2.75) is 25.2 Å². The van der Waals surface area contributed by atoms with E-state index in [-0.39, 0.29) is 12.0 Å². The molecule has 0 radical (unpaired) electrons. The van der Waals surface area contributed by atoms with Crippen LogP contribution in [-0.2, 0) is 5.41 Å². The van der Waals surface area contributed by atoms with E-state index < -0.39 is 0 Å². The molecule has 0 amide bonds. The van der Waals surface area contributed by atoms with Crippen LogP contribution in [0.1, 0.15) is 30.9 Å². The molecule has 1 N–H and O–H groups in total. The van der Waals surface area contributed by atoms with Crippen molar-refractivity contribution in [1.82, 2.24) is 0 Å². The first-order chi connectivity index (χ1) is 14.7. The molecule has 1 aliphatic carbocycles. The Bertz CT molecular complexity index is 1090. The third-order valence-corrected chi connectivity index (χ3v) is 6.57. The number of aliphatic hydroxyl groups is 1. The number of hydrogen-bond donors (Lipinski definition) is 1. The molecule has 1 aliphatic rings. The summed E-state index contributed by atoms with van der Waals surface area (Å²) in [6.45, 7) is 2.56. The molecule has 0 bridgehead atoms. The van der Waals surface area contributed by atoms with E-state index in [4.69, 9.17) is 0 Å². The third kappa shape index (κ3) is 3.07. The highest BCUT2D eigenvalue weighted by Crippen LogP contribution is 2.52. The molecule has 4 aromatic carbocycles. The van der Waals surface area contributed by atoms with Gasteiger partial charge in [-0.15, -0.1) is 0 Å². The molecule has 1 heteroatoms. The Labute approximate surface area is 178 Å². The van der Waals surface area contributed by atoms with Gasteiger partial charge in [0, 0.05) is 12.0 Å². The van der Waals surface area contributed by atoms with E-state index in [0.29, 0.717) is 0 Å². The van der Waals surface area contributed by atoms with Gasteiger partial charge < -0.3 is 5.11 Å². The van der Waals surface area contributed by atoms with Crippen molar-refractivity contribution in [3.05, 3.63) is 108 Å². The molecule has 0 spiro atoms. The van der Waals surface area contributed by atoms with Crippen molar-refractivity contribution < 1.29 is 5.11 Å². The van der Waals surface area contributed by atoms with Gasteiger partial charge in [-0.3, -0.25) is 0 Å². The first-order valence-corrected chi connectivity index (χ1v) is 10.7. The maximum atomic E-state index is 9.60. The lowest BCUT2D eigenvalue weighted by Crippen LogP contribution is -2.21. The number of fused-ring (bicyclic) bond motifs is 3. The van der Waals surface area contributed by atoms with Crippen LogP contribution in [0.25, 0.3) is 33.4 Å².